The van der Waals surface area contributed by atoms with Crippen LogP contribution in [0.5, 0.6) is 0 Å². The lowest BCUT2D eigenvalue weighted by atomic mass is 9.94. The fourth-order valence-electron chi connectivity index (χ4n) is 3.02. The quantitative estimate of drug-likeness (QED) is 0.840. The lowest BCUT2D eigenvalue weighted by Gasteiger charge is -2.31. The molecule has 1 N–H and O–H groups in total. The van der Waals surface area contributed by atoms with Crippen molar-refractivity contribution in [2.24, 2.45) is 5.92 Å². The average molecular weight is 357 g/mol. The summed E-state index contributed by atoms with van der Waals surface area (Å²) in [6.45, 7) is 8.11. The fourth-order valence-corrected chi connectivity index (χ4v) is 4.78. The van der Waals surface area contributed by atoms with Crippen LogP contribution in [0, 0.1) is 19.8 Å². The molecule has 0 aliphatic carbocycles. The Balaban J connectivity index is 1.94. The highest BCUT2D eigenvalue weighted by Gasteiger charge is 2.34. The third-order valence-electron chi connectivity index (χ3n) is 4.63. The van der Waals surface area contributed by atoms with Gasteiger partial charge in [0.15, 0.2) is 5.76 Å². The number of hydrogen-bond donors (Lipinski definition) is 1. The summed E-state index contributed by atoms with van der Waals surface area (Å²) in [7, 11) is -3.58. The Morgan fingerprint density at radius 2 is 2.00 bits per heavy atom. The van der Waals surface area contributed by atoms with Crippen molar-refractivity contribution >= 4 is 15.9 Å². The number of hydrogen-bond acceptors (Lipinski definition) is 5. The second-order valence-corrected chi connectivity index (χ2v) is 8.46. The second-order valence-electron chi connectivity index (χ2n) is 6.58. The van der Waals surface area contributed by atoms with E-state index in [1.54, 1.807) is 13.8 Å². The topological polar surface area (TPSA) is 92.5 Å². The van der Waals surface area contributed by atoms with Crippen LogP contribution in [0.25, 0.3) is 0 Å². The summed E-state index contributed by atoms with van der Waals surface area (Å²) in [6, 6.07) is 0.178. The van der Waals surface area contributed by atoms with Crippen LogP contribution >= 0.6 is 0 Å². The predicted molar refractivity (Wildman–Crippen MR) is 90.0 cm³/mol. The van der Waals surface area contributed by atoms with E-state index >= 15 is 0 Å². The molecule has 2 heterocycles. The van der Waals surface area contributed by atoms with Crippen molar-refractivity contribution in [1.29, 1.82) is 0 Å². The molecule has 0 radical (unpaired) electrons. The van der Waals surface area contributed by atoms with Crippen LogP contribution in [-0.4, -0.2) is 42.9 Å². The van der Waals surface area contributed by atoms with E-state index in [9.17, 15) is 13.2 Å². The van der Waals surface area contributed by atoms with Gasteiger partial charge in [-0.1, -0.05) is 12.1 Å². The lowest BCUT2D eigenvalue weighted by molar-refractivity contribution is -0.122. The molecule has 1 fully saturated rings. The number of aryl methyl sites for hydroxylation is 2. The van der Waals surface area contributed by atoms with E-state index in [4.69, 9.17) is 4.52 Å². The van der Waals surface area contributed by atoms with Crippen LogP contribution in [0.15, 0.2) is 9.42 Å². The van der Waals surface area contributed by atoms with Gasteiger partial charge < -0.3 is 9.84 Å². The zero-order valence-corrected chi connectivity index (χ0v) is 15.6. The van der Waals surface area contributed by atoms with Gasteiger partial charge in [-0.25, -0.2) is 8.42 Å². The van der Waals surface area contributed by atoms with Gasteiger partial charge in [-0.05, 0) is 46.0 Å². The van der Waals surface area contributed by atoms with E-state index in [1.807, 2.05) is 13.8 Å². The van der Waals surface area contributed by atoms with Crippen molar-refractivity contribution in [2.75, 3.05) is 13.1 Å². The van der Waals surface area contributed by atoms with Gasteiger partial charge in [0.1, 0.15) is 10.6 Å². The smallest absolute Gasteiger partial charge is 0.248 e. The minimum atomic E-state index is -3.58. The summed E-state index contributed by atoms with van der Waals surface area (Å²) in [4.78, 5) is 12.1. The van der Waals surface area contributed by atoms with Gasteiger partial charge in [0.2, 0.25) is 15.9 Å². The third-order valence-corrected chi connectivity index (χ3v) is 6.78. The predicted octanol–water partition coefficient (Wildman–Crippen LogP) is 2.00. The monoisotopic (exact) mass is 357 g/mol. The molecule has 1 aliphatic rings. The number of rotatable bonds is 6. The van der Waals surface area contributed by atoms with Crippen molar-refractivity contribution in [3.63, 3.8) is 0 Å². The molecule has 0 aromatic carbocycles. The molecule has 8 heteroatoms. The zero-order chi connectivity index (χ0) is 17.9. The summed E-state index contributed by atoms with van der Waals surface area (Å²) in [5.41, 5.74) is 0.391. The second kappa shape index (κ2) is 7.65. The van der Waals surface area contributed by atoms with Crippen LogP contribution in [0.3, 0.4) is 0 Å². The maximum absolute atomic E-state index is 12.7. The molecule has 1 unspecified atom stereocenters. The molecule has 24 heavy (non-hydrogen) atoms. The fraction of sp³-hybridized carbons (Fsp3) is 0.750. The van der Waals surface area contributed by atoms with Gasteiger partial charge in [0.05, 0.1) is 0 Å². The summed E-state index contributed by atoms with van der Waals surface area (Å²) < 4.78 is 32.0. The maximum Gasteiger partial charge on any atom is 0.248 e. The molecule has 0 saturated carbocycles. The highest BCUT2D eigenvalue weighted by molar-refractivity contribution is 7.89. The summed E-state index contributed by atoms with van der Waals surface area (Å²) in [5.74, 6) is 0.601. The van der Waals surface area contributed by atoms with E-state index in [0.717, 1.165) is 6.42 Å². The number of sulfonamides is 1. The van der Waals surface area contributed by atoms with E-state index in [1.165, 1.54) is 4.31 Å². The molecule has 1 aromatic heterocycles. The highest BCUT2D eigenvalue weighted by Crippen LogP contribution is 2.28. The van der Waals surface area contributed by atoms with E-state index in [2.05, 4.69) is 10.5 Å². The minimum Gasteiger partial charge on any atom is -0.360 e. The first kappa shape index (κ1) is 18.9. The van der Waals surface area contributed by atoms with Gasteiger partial charge in [-0.3, -0.25) is 4.79 Å². The molecule has 0 spiro atoms. The van der Waals surface area contributed by atoms with E-state index in [0.29, 0.717) is 43.8 Å². The van der Waals surface area contributed by atoms with E-state index < -0.39 is 10.0 Å². The molecule has 0 bridgehead atoms. The molecule has 1 aliphatic heterocycles. The Hall–Kier alpha value is -1.41. The summed E-state index contributed by atoms with van der Waals surface area (Å²) in [5, 5.41) is 6.70. The summed E-state index contributed by atoms with van der Waals surface area (Å²) >= 11 is 0. The Morgan fingerprint density at radius 3 is 2.50 bits per heavy atom. The SMILES string of the molecule is CCC(C)NC(=O)CC1CCN(S(=O)(=O)c2c(C)noc2C)CC1. The molecular weight excluding hydrogens is 330 g/mol. The van der Waals surface area contributed by atoms with Crippen LogP contribution < -0.4 is 5.32 Å². The van der Waals surface area contributed by atoms with Crippen LogP contribution in [0.4, 0.5) is 0 Å². The van der Waals surface area contributed by atoms with Crippen molar-refractivity contribution in [1.82, 2.24) is 14.8 Å². The Morgan fingerprint density at radius 1 is 1.38 bits per heavy atom. The Labute approximate surface area is 143 Å². The van der Waals surface area contributed by atoms with Gasteiger partial charge in [0.25, 0.3) is 0 Å². The van der Waals surface area contributed by atoms with Crippen LogP contribution in [0.1, 0.15) is 51.0 Å². The van der Waals surface area contributed by atoms with Gasteiger partial charge >= 0.3 is 0 Å². The van der Waals surface area contributed by atoms with Crippen molar-refractivity contribution < 1.29 is 17.7 Å². The number of aromatic nitrogens is 1. The Kier molecular flexibility index (Phi) is 6.03. The molecule has 1 saturated heterocycles. The first-order valence-corrected chi connectivity index (χ1v) is 9.92. The van der Waals surface area contributed by atoms with Crippen LogP contribution in [-0.2, 0) is 14.8 Å². The molecule has 2 rings (SSSR count). The summed E-state index contributed by atoms with van der Waals surface area (Å²) in [6.07, 6.45) is 2.75. The molecular formula is C16H27N3O4S. The number of amides is 1. The highest BCUT2D eigenvalue weighted by atomic mass is 32.2. The normalized spacial score (nSPS) is 18.5. The molecule has 136 valence electrons. The maximum atomic E-state index is 12.7. The van der Waals surface area contributed by atoms with Crippen molar-refractivity contribution in [3.8, 4) is 0 Å². The largest absolute Gasteiger partial charge is 0.360 e. The molecule has 1 aromatic rings. The third kappa shape index (κ3) is 4.16. The van der Waals surface area contributed by atoms with Crippen LogP contribution in [0.2, 0.25) is 0 Å². The zero-order valence-electron chi connectivity index (χ0n) is 14.8. The number of nitrogens with zero attached hydrogens (tertiary/aromatic N) is 2. The molecule has 1 amide bonds. The van der Waals surface area contributed by atoms with Gasteiger partial charge in [-0.15, -0.1) is 0 Å². The van der Waals surface area contributed by atoms with E-state index in [-0.39, 0.29) is 22.8 Å². The number of piperidine rings is 1. The number of nitrogens with one attached hydrogen (secondary N) is 1. The minimum absolute atomic E-state index is 0.0522. The van der Waals surface area contributed by atoms with Crippen molar-refractivity contribution in [3.05, 3.63) is 11.5 Å². The molecule has 1 atom stereocenters. The first-order valence-electron chi connectivity index (χ1n) is 8.48. The average Bonchev–Trinajstić information content (AvgIpc) is 2.87. The first-order chi connectivity index (χ1) is 11.3. The molecule has 7 nitrogen and oxygen atoms in total. The lowest BCUT2D eigenvalue weighted by Crippen LogP contribution is -2.40. The number of carbonyl (C=O) groups is 1. The number of carbonyl (C=O) groups excluding carboxylic acids is 1. The van der Waals surface area contributed by atoms with Gasteiger partial charge in [0, 0.05) is 25.6 Å². The van der Waals surface area contributed by atoms with Gasteiger partial charge in [-0.2, -0.15) is 4.31 Å². The van der Waals surface area contributed by atoms with Crippen molar-refractivity contribution in [2.45, 2.75) is 64.3 Å². The standard InChI is InChI=1S/C16H27N3O4S/c1-5-11(2)17-15(20)10-14-6-8-19(9-7-14)24(21,22)16-12(3)18-23-13(16)4/h11,14H,5-10H2,1-4H3,(H,17,20). The Bertz CT molecular complexity index is 656.